The highest BCUT2D eigenvalue weighted by atomic mass is 79.9. The fourth-order valence-electron chi connectivity index (χ4n) is 5.05. The van der Waals surface area contributed by atoms with Gasteiger partial charge >= 0.3 is 0 Å². The van der Waals surface area contributed by atoms with Gasteiger partial charge in [0.15, 0.2) is 11.5 Å². The van der Waals surface area contributed by atoms with E-state index in [0.29, 0.717) is 30.2 Å². The quantitative estimate of drug-likeness (QED) is 0.340. The van der Waals surface area contributed by atoms with Gasteiger partial charge in [-0.05, 0) is 55.0 Å². The number of ether oxygens (including phenoxy) is 3. The summed E-state index contributed by atoms with van der Waals surface area (Å²) in [5.41, 5.74) is 4.98. The average molecular weight is 557 g/mol. The average Bonchev–Trinajstić information content (AvgIpc) is 3.31. The summed E-state index contributed by atoms with van der Waals surface area (Å²) in [5.74, 6) is 1.25. The Kier molecular flexibility index (Phi) is 8.02. The van der Waals surface area contributed by atoms with Crippen molar-refractivity contribution in [2.75, 3.05) is 62.1 Å². The van der Waals surface area contributed by atoms with Crippen LogP contribution in [-0.2, 0) is 4.74 Å². The first-order chi connectivity index (χ1) is 17.7. The third-order valence-electron chi connectivity index (χ3n) is 7.09. The number of nitrogens with one attached hydrogen (secondary N) is 1. The number of hydrogen-bond acceptors (Lipinski definition) is 6. The number of rotatable bonds is 9. The molecule has 1 saturated heterocycles. The van der Waals surface area contributed by atoms with E-state index in [4.69, 9.17) is 14.2 Å². The van der Waals surface area contributed by atoms with E-state index in [9.17, 15) is 4.79 Å². The molecule has 2 aromatic carbocycles. The molecular weight excluding hydrogens is 522 g/mol. The Bertz CT molecular complexity index is 1100. The minimum atomic E-state index is -0.0119. The van der Waals surface area contributed by atoms with Gasteiger partial charge in [0.05, 0.1) is 44.2 Å². The lowest BCUT2D eigenvalue weighted by atomic mass is 10.0. The van der Waals surface area contributed by atoms with Gasteiger partial charge in [0.1, 0.15) is 0 Å². The molecule has 0 unspecified atom stereocenters. The van der Waals surface area contributed by atoms with Crippen LogP contribution < -0.4 is 19.7 Å². The topological polar surface area (TPSA) is 63.3 Å². The van der Waals surface area contributed by atoms with Crippen molar-refractivity contribution in [2.45, 2.75) is 31.7 Å². The first kappa shape index (κ1) is 25.0. The zero-order chi connectivity index (χ0) is 24.9. The Morgan fingerprint density at radius 1 is 1.08 bits per heavy atom. The summed E-state index contributed by atoms with van der Waals surface area (Å²) in [6.07, 6.45) is 6.06. The summed E-state index contributed by atoms with van der Waals surface area (Å²) >= 11 is 3.46. The standard InChI is InChI=1S/C28H34BrN3O4/c1-34-26-16-24-25(17-27(26)36-12-4-2-3-9-29)30-18-23-15-21(19-32(23)28(24)33)20-5-7-22(8-6-20)31-10-13-35-14-11-31/h5-8,16-17,19,23,30H,2-4,9-15,18H2,1H3/t23-/m0/s1. The Morgan fingerprint density at radius 2 is 1.89 bits per heavy atom. The van der Waals surface area contributed by atoms with E-state index in [1.807, 2.05) is 23.2 Å². The minimum absolute atomic E-state index is 0.0119. The molecule has 192 valence electrons. The highest BCUT2D eigenvalue weighted by Gasteiger charge is 2.34. The lowest BCUT2D eigenvalue weighted by Gasteiger charge is -2.29. The number of hydrogen-bond donors (Lipinski definition) is 1. The van der Waals surface area contributed by atoms with Crippen molar-refractivity contribution in [3.63, 3.8) is 0 Å². The summed E-state index contributed by atoms with van der Waals surface area (Å²) in [6, 6.07) is 12.5. The van der Waals surface area contributed by atoms with Crippen molar-refractivity contribution >= 4 is 38.8 Å². The van der Waals surface area contributed by atoms with Gasteiger partial charge < -0.3 is 29.3 Å². The number of carbonyl (C=O) groups is 1. The summed E-state index contributed by atoms with van der Waals surface area (Å²) in [7, 11) is 1.62. The molecule has 0 saturated carbocycles. The number of carbonyl (C=O) groups excluding carboxylic acids is 1. The molecular formula is C28H34BrN3O4. The summed E-state index contributed by atoms with van der Waals surface area (Å²) in [4.78, 5) is 17.8. The maximum atomic E-state index is 13.6. The molecule has 0 aromatic heterocycles. The van der Waals surface area contributed by atoms with Gasteiger partial charge in [0.25, 0.3) is 5.91 Å². The van der Waals surface area contributed by atoms with Crippen LogP contribution in [0.3, 0.4) is 0 Å². The molecule has 0 bridgehead atoms. The molecule has 3 aliphatic heterocycles. The van der Waals surface area contributed by atoms with Crippen LogP contribution in [0.4, 0.5) is 11.4 Å². The molecule has 5 rings (SSSR count). The van der Waals surface area contributed by atoms with Crippen molar-refractivity contribution in [3.8, 4) is 11.5 Å². The molecule has 36 heavy (non-hydrogen) atoms. The molecule has 0 aliphatic carbocycles. The third kappa shape index (κ3) is 5.34. The van der Waals surface area contributed by atoms with Gasteiger partial charge in [-0.15, -0.1) is 0 Å². The number of alkyl halides is 1. The van der Waals surface area contributed by atoms with Crippen LogP contribution in [0.15, 0.2) is 42.6 Å². The second-order valence-corrected chi connectivity index (χ2v) is 10.2. The van der Waals surface area contributed by atoms with Gasteiger partial charge in [-0.1, -0.05) is 28.1 Å². The SMILES string of the molecule is COc1cc2c(cc1OCCCCCBr)NC[C@@H]1CC(c3ccc(N4CCOCC4)cc3)=CN1C2=O. The van der Waals surface area contributed by atoms with Gasteiger partial charge in [-0.25, -0.2) is 0 Å². The van der Waals surface area contributed by atoms with Gasteiger partial charge in [-0.3, -0.25) is 4.79 Å². The Labute approximate surface area is 221 Å². The van der Waals surface area contributed by atoms with Crippen LogP contribution >= 0.6 is 15.9 Å². The molecule has 0 spiro atoms. The zero-order valence-electron chi connectivity index (χ0n) is 20.8. The van der Waals surface area contributed by atoms with Crippen molar-refractivity contribution in [3.05, 3.63) is 53.7 Å². The second-order valence-electron chi connectivity index (χ2n) is 9.40. The van der Waals surface area contributed by atoms with Gasteiger partial charge in [0, 0.05) is 42.9 Å². The lowest BCUT2D eigenvalue weighted by molar-refractivity contribution is 0.0796. The van der Waals surface area contributed by atoms with E-state index in [1.54, 1.807) is 7.11 Å². The zero-order valence-corrected chi connectivity index (χ0v) is 22.4. The Balaban J connectivity index is 1.31. The summed E-state index contributed by atoms with van der Waals surface area (Å²) < 4.78 is 17.1. The highest BCUT2D eigenvalue weighted by molar-refractivity contribution is 9.09. The third-order valence-corrected chi connectivity index (χ3v) is 7.65. The van der Waals surface area contributed by atoms with E-state index >= 15 is 0 Å². The molecule has 1 fully saturated rings. The van der Waals surface area contributed by atoms with Crippen molar-refractivity contribution in [1.82, 2.24) is 4.90 Å². The number of unbranched alkanes of at least 4 members (excludes halogenated alkanes) is 2. The maximum Gasteiger partial charge on any atom is 0.260 e. The number of anilines is 2. The maximum absolute atomic E-state index is 13.6. The number of halogens is 1. The van der Waals surface area contributed by atoms with Crippen molar-refractivity contribution < 1.29 is 19.0 Å². The lowest BCUT2D eigenvalue weighted by Crippen LogP contribution is -2.36. The number of benzene rings is 2. The first-order valence-electron chi connectivity index (χ1n) is 12.8. The predicted molar refractivity (Wildman–Crippen MR) is 147 cm³/mol. The summed E-state index contributed by atoms with van der Waals surface area (Å²) in [5, 5.41) is 4.51. The normalized spacial score (nSPS) is 19.2. The second kappa shape index (κ2) is 11.6. The molecule has 1 atom stereocenters. The van der Waals surface area contributed by atoms with Crippen LogP contribution in [0.5, 0.6) is 11.5 Å². The van der Waals surface area contributed by atoms with Crippen LogP contribution in [0.1, 0.15) is 41.6 Å². The molecule has 7 nitrogen and oxygen atoms in total. The fraction of sp³-hybridized carbons (Fsp3) is 0.464. The number of morpholine rings is 1. The van der Waals surface area contributed by atoms with Crippen molar-refractivity contribution in [2.24, 2.45) is 0 Å². The van der Waals surface area contributed by atoms with Gasteiger partial charge in [-0.2, -0.15) is 0 Å². The van der Waals surface area contributed by atoms with Crippen LogP contribution in [0, 0.1) is 0 Å². The van der Waals surface area contributed by atoms with E-state index < -0.39 is 0 Å². The van der Waals surface area contributed by atoms with Crippen molar-refractivity contribution in [1.29, 1.82) is 0 Å². The Morgan fingerprint density at radius 3 is 2.64 bits per heavy atom. The molecule has 3 heterocycles. The largest absolute Gasteiger partial charge is 0.493 e. The van der Waals surface area contributed by atoms with Crippen LogP contribution in [0.2, 0.25) is 0 Å². The Hall–Kier alpha value is -2.71. The van der Waals surface area contributed by atoms with E-state index in [1.165, 1.54) is 11.3 Å². The smallest absolute Gasteiger partial charge is 0.260 e. The fourth-order valence-corrected chi connectivity index (χ4v) is 5.45. The van der Waals surface area contributed by atoms with E-state index in [0.717, 1.165) is 68.6 Å². The minimum Gasteiger partial charge on any atom is -0.493 e. The monoisotopic (exact) mass is 555 g/mol. The van der Waals surface area contributed by atoms with E-state index in [-0.39, 0.29) is 11.9 Å². The molecule has 8 heteroatoms. The summed E-state index contributed by atoms with van der Waals surface area (Å²) in [6.45, 7) is 4.70. The van der Waals surface area contributed by atoms with Crippen LogP contribution in [-0.4, -0.2) is 68.7 Å². The van der Waals surface area contributed by atoms with E-state index in [2.05, 4.69) is 50.4 Å². The first-order valence-corrected chi connectivity index (χ1v) is 13.9. The molecule has 3 aliphatic rings. The van der Waals surface area contributed by atoms with Crippen LogP contribution in [0.25, 0.3) is 5.57 Å². The number of nitrogens with zero attached hydrogens (tertiary/aromatic N) is 2. The van der Waals surface area contributed by atoms with Gasteiger partial charge in [0.2, 0.25) is 0 Å². The number of amides is 1. The molecule has 1 N–H and O–H groups in total. The molecule has 2 aromatic rings. The number of methoxy groups -OCH3 is 1. The number of fused-ring (bicyclic) bond motifs is 2. The molecule has 0 radical (unpaired) electrons. The predicted octanol–water partition coefficient (Wildman–Crippen LogP) is 5.16. The molecule has 1 amide bonds. The highest BCUT2D eigenvalue weighted by Crippen LogP contribution is 2.39.